The van der Waals surface area contributed by atoms with Gasteiger partial charge in [-0.25, -0.2) is 13.1 Å². The molecule has 6 heteroatoms. The molecule has 15 heavy (non-hydrogen) atoms. The zero-order valence-corrected chi connectivity index (χ0v) is 9.55. The van der Waals surface area contributed by atoms with Gasteiger partial charge < -0.3 is 5.11 Å². The number of aliphatic hydroxyl groups is 1. The van der Waals surface area contributed by atoms with Crippen molar-refractivity contribution in [2.24, 2.45) is 0 Å². The first kappa shape index (κ1) is 12.4. The van der Waals surface area contributed by atoms with E-state index >= 15 is 0 Å². The molecule has 1 aromatic rings. The number of hydrogen-bond acceptors (Lipinski definition) is 3. The Morgan fingerprint density at radius 1 is 1.40 bits per heavy atom. The summed E-state index contributed by atoms with van der Waals surface area (Å²) in [6, 6.07) is 6.02. The van der Waals surface area contributed by atoms with E-state index in [1.165, 1.54) is 12.1 Å². The summed E-state index contributed by atoms with van der Waals surface area (Å²) in [5, 5.41) is 8.90. The van der Waals surface area contributed by atoms with Crippen LogP contribution in [0, 0.1) is 0 Å². The predicted octanol–water partition coefficient (Wildman–Crippen LogP) is 1.00. The van der Waals surface area contributed by atoms with E-state index in [4.69, 9.17) is 16.7 Å². The molecule has 0 spiro atoms. The summed E-state index contributed by atoms with van der Waals surface area (Å²) in [5.41, 5.74) is 0. The van der Waals surface area contributed by atoms with E-state index in [0.717, 1.165) is 0 Å². The van der Waals surface area contributed by atoms with E-state index in [0.29, 0.717) is 11.4 Å². The van der Waals surface area contributed by atoms with Crippen LogP contribution in [0.3, 0.4) is 0 Å². The molecule has 1 rings (SSSR count). The second kappa shape index (κ2) is 5.46. The van der Waals surface area contributed by atoms with E-state index in [-0.39, 0.29) is 18.0 Å². The molecule has 2 N–H and O–H groups in total. The third kappa shape index (κ3) is 3.79. The molecule has 84 valence electrons. The normalized spacial score (nSPS) is 11.6. The summed E-state index contributed by atoms with van der Waals surface area (Å²) >= 11 is 5.68. The van der Waals surface area contributed by atoms with Gasteiger partial charge in [-0.1, -0.05) is 17.7 Å². The molecular weight excluding hydrogens is 238 g/mol. The molecule has 0 atom stereocenters. The van der Waals surface area contributed by atoms with Crippen LogP contribution in [0.25, 0.3) is 0 Å². The van der Waals surface area contributed by atoms with Crippen LogP contribution in [-0.2, 0) is 10.0 Å². The highest BCUT2D eigenvalue weighted by Gasteiger charge is 2.12. The van der Waals surface area contributed by atoms with E-state index in [1.54, 1.807) is 12.1 Å². The Morgan fingerprint density at radius 3 is 2.73 bits per heavy atom. The quantitative estimate of drug-likeness (QED) is 0.766. The maximum absolute atomic E-state index is 11.6. The zero-order valence-electron chi connectivity index (χ0n) is 7.98. The lowest BCUT2D eigenvalue weighted by molar-refractivity contribution is 0.289. The fourth-order valence-corrected chi connectivity index (χ4v) is 2.38. The highest BCUT2D eigenvalue weighted by Crippen LogP contribution is 2.14. The molecule has 0 fully saturated rings. The average molecular weight is 250 g/mol. The van der Waals surface area contributed by atoms with Gasteiger partial charge in [0.2, 0.25) is 10.0 Å². The highest BCUT2D eigenvalue weighted by molar-refractivity contribution is 7.89. The molecule has 0 amide bonds. The molecule has 0 saturated carbocycles. The van der Waals surface area contributed by atoms with Crippen molar-refractivity contribution < 1.29 is 13.5 Å². The minimum Gasteiger partial charge on any atom is -0.396 e. The lowest BCUT2D eigenvalue weighted by Crippen LogP contribution is -2.25. The predicted molar refractivity (Wildman–Crippen MR) is 58.3 cm³/mol. The number of benzene rings is 1. The molecular formula is C9H12ClNO3S. The van der Waals surface area contributed by atoms with Gasteiger partial charge in [-0.05, 0) is 24.6 Å². The maximum atomic E-state index is 11.6. The molecule has 0 heterocycles. The van der Waals surface area contributed by atoms with Crippen molar-refractivity contribution >= 4 is 21.6 Å². The highest BCUT2D eigenvalue weighted by atomic mass is 35.5. The van der Waals surface area contributed by atoms with Crippen LogP contribution < -0.4 is 4.72 Å². The summed E-state index contributed by atoms with van der Waals surface area (Å²) in [6.07, 6.45) is 0.389. The molecule has 0 unspecified atom stereocenters. The van der Waals surface area contributed by atoms with Crippen LogP contribution in [0.2, 0.25) is 5.02 Å². The summed E-state index contributed by atoms with van der Waals surface area (Å²) < 4.78 is 25.6. The van der Waals surface area contributed by atoms with Gasteiger partial charge >= 0.3 is 0 Å². The van der Waals surface area contributed by atoms with Gasteiger partial charge in [0.15, 0.2) is 0 Å². The van der Waals surface area contributed by atoms with E-state index in [9.17, 15) is 8.42 Å². The largest absolute Gasteiger partial charge is 0.396 e. The Hall–Kier alpha value is -0.620. The first-order chi connectivity index (χ1) is 7.06. The van der Waals surface area contributed by atoms with Crippen molar-refractivity contribution in [3.05, 3.63) is 29.3 Å². The SMILES string of the molecule is O=S(=O)(NCCCO)c1cccc(Cl)c1. The number of rotatable bonds is 5. The van der Waals surface area contributed by atoms with E-state index in [1.807, 2.05) is 0 Å². The Morgan fingerprint density at radius 2 is 2.13 bits per heavy atom. The minimum atomic E-state index is -3.50. The second-order valence-corrected chi connectivity index (χ2v) is 5.14. The maximum Gasteiger partial charge on any atom is 0.240 e. The van der Waals surface area contributed by atoms with Gasteiger partial charge in [0.25, 0.3) is 0 Å². The van der Waals surface area contributed by atoms with Crippen LogP contribution in [0.15, 0.2) is 29.2 Å². The van der Waals surface area contributed by atoms with Crippen LogP contribution in [0.5, 0.6) is 0 Å². The van der Waals surface area contributed by atoms with E-state index < -0.39 is 10.0 Å². The lowest BCUT2D eigenvalue weighted by Gasteiger charge is -2.05. The first-order valence-corrected chi connectivity index (χ1v) is 6.28. The van der Waals surface area contributed by atoms with Gasteiger partial charge in [0.05, 0.1) is 4.90 Å². The Bertz CT molecular complexity index is 419. The van der Waals surface area contributed by atoms with Crippen molar-refractivity contribution in [2.75, 3.05) is 13.2 Å². The number of nitrogens with one attached hydrogen (secondary N) is 1. The fraction of sp³-hybridized carbons (Fsp3) is 0.333. The summed E-state index contributed by atoms with van der Waals surface area (Å²) in [6.45, 7) is 0.170. The van der Waals surface area contributed by atoms with Gasteiger partial charge in [0.1, 0.15) is 0 Å². The minimum absolute atomic E-state index is 0.0436. The summed E-state index contributed by atoms with van der Waals surface area (Å²) in [4.78, 5) is 0.132. The molecule has 0 aliphatic rings. The van der Waals surface area contributed by atoms with Crippen LogP contribution in [0.1, 0.15) is 6.42 Å². The van der Waals surface area contributed by atoms with Gasteiger partial charge in [-0.2, -0.15) is 0 Å². The monoisotopic (exact) mass is 249 g/mol. The molecule has 0 bridgehead atoms. The molecule has 0 aliphatic carbocycles. The average Bonchev–Trinajstić information content (AvgIpc) is 2.18. The van der Waals surface area contributed by atoms with Crippen molar-refractivity contribution in [2.45, 2.75) is 11.3 Å². The fourth-order valence-electron chi connectivity index (χ4n) is 1.00. The van der Waals surface area contributed by atoms with Crippen LogP contribution in [-0.4, -0.2) is 26.7 Å². The zero-order chi connectivity index (χ0) is 11.3. The number of halogens is 1. The van der Waals surface area contributed by atoms with Gasteiger partial charge in [-0.3, -0.25) is 0 Å². The summed E-state index contributed by atoms with van der Waals surface area (Å²) in [5.74, 6) is 0. The Kier molecular flexibility index (Phi) is 4.53. The molecule has 0 aromatic heterocycles. The number of hydrogen-bond donors (Lipinski definition) is 2. The lowest BCUT2D eigenvalue weighted by atomic mass is 10.4. The van der Waals surface area contributed by atoms with Crippen molar-refractivity contribution in [1.82, 2.24) is 4.72 Å². The molecule has 0 aliphatic heterocycles. The standard InChI is InChI=1S/C9H12ClNO3S/c10-8-3-1-4-9(7-8)15(13,14)11-5-2-6-12/h1,3-4,7,11-12H,2,5-6H2. The third-order valence-electron chi connectivity index (χ3n) is 1.73. The Balaban J connectivity index is 2.77. The first-order valence-electron chi connectivity index (χ1n) is 4.42. The molecule has 0 saturated heterocycles. The van der Waals surface area contributed by atoms with Crippen molar-refractivity contribution in [3.63, 3.8) is 0 Å². The van der Waals surface area contributed by atoms with Crippen molar-refractivity contribution in [1.29, 1.82) is 0 Å². The van der Waals surface area contributed by atoms with Crippen LogP contribution in [0.4, 0.5) is 0 Å². The van der Waals surface area contributed by atoms with Crippen molar-refractivity contribution in [3.8, 4) is 0 Å². The molecule has 0 radical (unpaired) electrons. The van der Waals surface area contributed by atoms with Gasteiger partial charge in [-0.15, -0.1) is 0 Å². The molecule has 4 nitrogen and oxygen atoms in total. The smallest absolute Gasteiger partial charge is 0.240 e. The van der Waals surface area contributed by atoms with Crippen LogP contribution >= 0.6 is 11.6 Å². The Labute approximate surface area is 93.9 Å². The number of aliphatic hydroxyl groups excluding tert-OH is 1. The topological polar surface area (TPSA) is 66.4 Å². The second-order valence-electron chi connectivity index (χ2n) is 2.93. The summed E-state index contributed by atoms with van der Waals surface area (Å²) in [7, 11) is -3.50. The van der Waals surface area contributed by atoms with E-state index in [2.05, 4.69) is 4.72 Å². The number of sulfonamides is 1. The van der Waals surface area contributed by atoms with Gasteiger partial charge in [0, 0.05) is 18.2 Å². The molecule has 1 aromatic carbocycles. The third-order valence-corrected chi connectivity index (χ3v) is 3.43.